The molecule has 34 heavy (non-hydrogen) atoms. The Morgan fingerprint density at radius 2 is 1.79 bits per heavy atom. The van der Waals surface area contributed by atoms with Crippen LogP contribution in [-0.4, -0.2) is 52.6 Å². The predicted octanol–water partition coefficient (Wildman–Crippen LogP) is 2.31. The molecule has 2 aliphatic heterocycles. The molecule has 0 spiro atoms. The van der Waals surface area contributed by atoms with E-state index in [9.17, 15) is 29.3 Å². The predicted molar refractivity (Wildman–Crippen MR) is 123 cm³/mol. The largest absolute Gasteiger partial charge is 0.370 e. The van der Waals surface area contributed by atoms with Crippen LogP contribution < -0.4 is 16.0 Å². The van der Waals surface area contributed by atoms with E-state index in [1.807, 2.05) is 0 Å². The summed E-state index contributed by atoms with van der Waals surface area (Å²) in [4.78, 5) is 64.1. The number of rotatable bonds is 6. The van der Waals surface area contributed by atoms with Crippen molar-refractivity contribution >= 4 is 40.7 Å². The number of fused-ring (bicyclic) bond motifs is 1. The number of hydrogen-bond donors (Lipinski definition) is 2. The van der Waals surface area contributed by atoms with Gasteiger partial charge in [-0.25, -0.2) is 0 Å². The second-order valence-electron chi connectivity index (χ2n) is 8.25. The molecule has 2 aliphatic rings. The van der Waals surface area contributed by atoms with Crippen LogP contribution in [0.5, 0.6) is 0 Å². The molecule has 11 nitrogen and oxygen atoms in total. The van der Waals surface area contributed by atoms with Crippen molar-refractivity contribution in [1.82, 2.24) is 4.90 Å². The Labute approximate surface area is 194 Å². The molecule has 2 aromatic rings. The van der Waals surface area contributed by atoms with Crippen LogP contribution in [0.4, 0.5) is 17.1 Å². The molecule has 2 aromatic carbocycles. The van der Waals surface area contributed by atoms with Crippen molar-refractivity contribution in [3.8, 4) is 0 Å². The number of nitro groups is 1. The van der Waals surface area contributed by atoms with E-state index in [1.165, 1.54) is 25.1 Å². The van der Waals surface area contributed by atoms with E-state index in [2.05, 4.69) is 10.2 Å². The minimum Gasteiger partial charge on any atom is -0.370 e. The van der Waals surface area contributed by atoms with Gasteiger partial charge in [0.1, 0.15) is 11.6 Å². The molecule has 0 aliphatic carbocycles. The molecule has 1 atom stereocenters. The molecule has 1 saturated heterocycles. The van der Waals surface area contributed by atoms with Crippen LogP contribution in [0.15, 0.2) is 36.4 Å². The van der Waals surface area contributed by atoms with E-state index >= 15 is 0 Å². The van der Waals surface area contributed by atoms with Crippen molar-refractivity contribution in [2.45, 2.75) is 32.2 Å². The summed E-state index contributed by atoms with van der Waals surface area (Å²) in [5, 5.41) is 14.1. The molecular formula is C23H23N5O6. The number of nitro benzene ring substituents is 1. The van der Waals surface area contributed by atoms with E-state index < -0.39 is 40.3 Å². The Morgan fingerprint density at radius 3 is 2.44 bits per heavy atom. The summed E-state index contributed by atoms with van der Waals surface area (Å²) in [7, 11) is 0. The molecule has 2 heterocycles. The van der Waals surface area contributed by atoms with Gasteiger partial charge in [-0.15, -0.1) is 0 Å². The summed E-state index contributed by atoms with van der Waals surface area (Å²) in [5.41, 5.74) is 5.68. The number of nitrogens with zero attached hydrogens (tertiary/aromatic N) is 3. The summed E-state index contributed by atoms with van der Waals surface area (Å²) in [6, 6.07) is 7.25. The fourth-order valence-electron chi connectivity index (χ4n) is 4.34. The molecule has 0 aromatic heterocycles. The molecule has 4 amide bonds. The smallest absolute Gasteiger partial charge is 0.282 e. The van der Waals surface area contributed by atoms with Gasteiger partial charge in [-0.2, -0.15) is 0 Å². The maximum absolute atomic E-state index is 13.2. The first-order chi connectivity index (χ1) is 16.2. The van der Waals surface area contributed by atoms with E-state index in [4.69, 9.17) is 5.73 Å². The number of anilines is 2. The molecule has 0 saturated carbocycles. The Morgan fingerprint density at radius 1 is 1.09 bits per heavy atom. The highest BCUT2D eigenvalue weighted by Gasteiger charge is 2.45. The zero-order valence-corrected chi connectivity index (χ0v) is 18.4. The molecule has 3 N–H and O–H groups in total. The fraction of sp³-hybridized carbons (Fsp3) is 0.304. The number of carbonyl (C=O) groups is 4. The van der Waals surface area contributed by atoms with Crippen LogP contribution >= 0.6 is 0 Å². The third-order valence-corrected chi connectivity index (χ3v) is 6.12. The summed E-state index contributed by atoms with van der Waals surface area (Å²) in [6.07, 6.45) is 3.06. The minimum absolute atomic E-state index is 0.122. The first-order valence-electron chi connectivity index (χ1n) is 10.9. The molecule has 0 radical (unpaired) electrons. The third-order valence-electron chi connectivity index (χ3n) is 6.12. The second kappa shape index (κ2) is 8.93. The summed E-state index contributed by atoms with van der Waals surface area (Å²) >= 11 is 0. The highest BCUT2D eigenvalue weighted by atomic mass is 16.6. The average molecular weight is 465 g/mol. The molecule has 0 bridgehead atoms. The number of benzene rings is 2. The van der Waals surface area contributed by atoms with Gasteiger partial charge in [-0.05, 0) is 50.5 Å². The van der Waals surface area contributed by atoms with E-state index in [-0.39, 0.29) is 16.7 Å². The average Bonchev–Trinajstić information content (AvgIpc) is 3.08. The molecule has 1 unspecified atom stereocenters. The van der Waals surface area contributed by atoms with Gasteiger partial charge >= 0.3 is 0 Å². The maximum Gasteiger partial charge on any atom is 0.282 e. The van der Waals surface area contributed by atoms with Gasteiger partial charge in [0, 0.05) is 24.7 Å². The summed E-state index contributed by atoms with van der Waals surface area (Å²) in [5.74, 6) is -3.04. The van der Waals surface area contributed by atoms with Crippen molar-refractivity contribution in [2.24, 2.45) is 5.73 Å². The Hall–Kier alpha value is -4.28. The first-order valence-corrected chi connectivity index (χ1v) is 10.9. The third kappa shape index (κ3) is 3.96. The lowest BCUT2D eigenvalue weighted by atomic mass is 10.1. The molecule has 4 rings (SSSR count). The van der Waals surface area contributed by atoms with Crippen molar-refractivity contribution in [3.05, 3.63) is 63.2 Å². The van der Waals surface area contributed by atoms with Crippen LogP contribution in [0, 0.1) is 10.1 Å². The summed E-state index contributed by atoms with van der Waals surface area (Å²) < 4.78 is 0. The van der Waals surface area contributed by atoms with Gasteiger partial charge in [-0.3, -0.25) is 34.2 Å². The lowest BCUT2D eigenvalue weighted by molar-refractivity contribution is -0.385. The van der Waals surface area contributed by atoms with Gasteiger partial charge in [0.2, 0.25) is 11.8 Å². The van der Waals surface area contributed by atoms with E-state index in [0.717, 1.165) is 38.4 Å². The van der Waals surface area contributed by atoms with Crippen molar-refractivity contribution in [3.63, 3.8) is 0 Å². The van der Waals surface area contributed by atoms with Crippen LogP contribution in [0.3, 0.4) is 0 Å². The van der Waals surface area contributed by atoms with Gasteiger partial charge in [0.15, 0.2) is 0 Å². The number of nitrogens with one attached hydrogen (secondary N) is 1. The molecule has 1 fully saturated rings. The number of primary amides is 1. The zero-order valence-electron chi connectivity index (χ0n) is 18.4. The summed E-state index contributed by atoms with van der Waals surface area (Å²) in [6.45, 7) is 2.91. The van der Waals surface area contributed by atoms with Gasteiger partial charge in [0.05, 0.1) is 21.9 Å². The van der Waals surface area contributed by atoms with Crippen LogP contribution in [0.2, 0.25) is 0 Å². The normalized spacial score (nSPS) is 16.3. The number of nitrogens with two attached hydrogens (primary N) is 1. The van der Waals surface area contributed by atoms with E-state index in [1.54, 1.807) is 12.1 Å². The maximum atomic E-state index is 13.2. The van der Waals surface area contributed by atoms with Crippen LogP contribution in [0.1, 0.15) is 57.3 Å². The number of hydrogen-bond acceptors (Lipinski definition) is 7. The standard InChI is InChI=1S/C23H23N5O6/c1-13(27-22(31)15-6-5-7-18(28(33)34)19(15)23(27)32)21(30)25-16-12-14(20(24)29)8-9-17(16)26-10-3-2-4-11-26/h5-9,12-13H,2-4,10-11H2,1H3,(H2,24,29)(H,25,30). The minimum atomic E-state index is -1.27. The quantitative estimate of drug-likeness (QED) is 0.377. The SMILES string of the molecule is CC(C(=O)Nc1cc(C(N)=O)ccc1N1CCCCC1)N1C(=O)c2cccc([N+](=O)[O-])c2C1=O. The highest BCUT2D eigenvalue weighted by molar-refractivity contribution is 6.25. The first kappa shape index (κ1) is 22.9. The van der Waals surface area contributed by atoms with Crippen LogP contribution in [-0.2, 0) is 4.79 Å². The molecular weight excluding hydrogens is 442 g/mol. The number of piperidine rings is 1. The lowest BCUT2D eigenvalue weighted by Gasteiger charge is -2.31. The van der Waals surface area contributed by atoms with Crippen molar-refractivity contribution in [1.29, 1.82) is 0 Å². The lowest BCUT2D eigenvalue weighted by Crippen LogP contribution is -2.45. The van der Waals surface area contributed by atoms with Gasteiger partial charge in [0.25, 0.3) is 17.5 Å². The Kier molecular flexibility index (Phi) is 6.01. The molecule has 11 heteroatoms. The highest BCUT2D eigenvalue weighted by Crippen LogP contribution is 2.33. The number of carbonyl (C=O) groups excluding carboxylic acids is 4. The number of imide groups is 1. The second-order valence-corrected chi connectivity index (χ2v) is 8.25. The van der Waals surface area contributed by atoms with Crippen molar-refractivity contribution in [2.75, 3.05) is 23.3 Å². The molecule has 176 valence electrons. The fourth-order valence-corrected chi connectivity index (χ4v) is 4.34. The monoisotopic (exact) mass is 465 g/mol. The Balaban J connectivity index is 1.63. The topological polar surface area (TPSA) is 156 Å². The van der Waals surface area contributed by atoms with Gasteiger partial charge in [-0.1, -0.05) is 6.07 Å². The number of amides is 4. The van der Waals surface area contributed by atoms with Crippen LogP contribution in [0.25, 0.3) is 0 Å². The zero-order chi connectivity index (χ0) is 24.6. The van der Waals surface area contributed by atoms with Gasteiger partial charge < -0.3 is 16.0 Å². The van der Waals surface area contributed by atoms with E-state index in [0.29, 0.717) is 16.3 Å². The van der Waals surface area contributed by atoms with Crippen molar-refractivity contribution < 1.29 is 24.1 Å². The Bertz CT molecular complexity index is 1220.